The Kier molecular flexibility index (Phi) is 4.61. The van der Waals surface area contributed by atoms with Crippen LogP contribution in [0.3, 0.4) is 0 Å². The van der Waals surface area contributed by atoms with E-state index in [0.717, 1.165) is 25.6 Å². The van der Waals surface area contributed by atoms with Gasteiger partial charge in [-0.2, -0.15) is 0 Å². The third-order valence-electron chi connectivity index (χ3n) is 4.00. The van der Waals surface area contributed by atoms with Gasteiger partial charge < -0.3 is 14.6 Å². The molecule has 0 saturated heterocycles. The van der Waals surface area contributed by atoms with E-state index in [1.165, 1.54) is 29.3 Å². The molecule has 0 radical (unpaired) electrons. The van der Waals surface area contributed by atoms with Crippen LogP contribution in [0.1, 0.15) is 32.3 Å². The van der Waals surface area contributed by atoms with Gasteiger partial charge in [-0.05, 0) is 54.3 Å². The van der Waals surface area contributed by atoms with Crippen molar-refractivity contribution < 1.29 is 4.74 Å². The van der Waals surface area contributed by atoms with E-state index in [1.807, 2.05) is 0 Å². The molecule has 0 amide bonds. The van der Waals surface area contributed by atoms with E-state index in [0.29, 0.717) is 12.6 Å². The van der Waals surface area contributed by atoms with Crippen LogP contribution in [-0.2, 0) is 18.0 Å². The highest BCUT2D eigenvalue weighted by Gasteiger charge is 2.21. The summed E-state index contributed by atoms with van der Waals surface area (Å²) in [5, 5.41) is 4.79. The Morgan fingerprint density at radius 3 is 2.90 bits per heavy atom. The maximum atomic E-state index is 5.81. The molecule has 0 atom stereocenters. The minimum Gasteiger partial charge on any atom is -0.360 e. The van der Waals surface area contributed by atoms with Crippen molar-refractivity contribution in [3.05, 3.63) is 36.0 Å². The van der Waals surface area contributed by atoms with Gasteiger partial charge in [-0.3, -0.25) is 0 Å². The molecule has 0 aliphatic heterocycles. The molecule has 1 aromatic carbocycles. The Hall–Kier alpha value is -1.32. The first-order chi connectivity index (χ1) is 10.2. The highest BCUT2D eigenvalue weighted by atomic mass is 16.5. The smallest absolute Gasteiger partial charge is 0.122 e. The fourth-order valence-corrected chi connectivity index (χ4v) is 2.56. The molecule has 0 unspecified atom stereocenters. The van der Waals surface area contributed by atoms with E-state index < -0.39 is 0 Å². The number of aromatic nitrogens is 1. The van der Waals surface area contributed by atoms with Gasteiger partial charge >= 0.3 is 0 Å². The number of hydrogen-bond donors (Lipinski definition) is 1. The summed E-state index contributed by atoms with van der Waals surface area (Å²) in [7, 11) is 0. The number of hydrogen-bond acceptors (Lipinski definition) is 2. The van der Waals surface area contributed by atoms with Crippen molar-refractivity contribution in [2.24, 2.45) is 11.8 Å². The second kappa shape index (κ2) is 6.63. The lowest BCUT2D eigenvalue weighted by atomic mass is 10.1. The summed E-state index contributed by atoms with van der Waals surface area (Å²) in [6.07, 6.45) is 4.82. The highest BCUT2D eigenvalue weighted by molar-refractivity contribution is 5.80. The third kappa shape index (κ3) is 4.08. The molecule has 1 saturated carbocycles. The third-order valence-corrected chi connectivity index (χ3v) is 4.00. The van der Waals surface area contributed by atoms with Crippen molar-refractivity contribution in [3.63, 3.8) is 0 Å². The first-order valence-electron chi connectivity index (χ1n) is 8.08. The standard InChI is InChI=1S/C18H26N2O/c1-14(2)10-19-11-16-5-6-17-7-8-20(18(17)9-16)13-21-12-15-3-4-15/h5-9,14-15,19H,3-4,10-13H2,1-2H3. The number of rotatable bonds is 8. The Balaban J connectivity index is 1.63. The summed E-state index contributed by atoms with van der Waals surface area (Å²) < 4.78 is 8.02. The predicted octanol–water partition coefficient (Wildman–Crippen LogP) is 3.77. The van der Waals surface area contributed by atoms with Crippen molar-refractivity contribution in [1.82, 2.24) is 9.88 Å². The van der Waals surface area contributed by atoms with Gasteiger partial charge in [0, 0.05) is 12.7 Å². The number of nitrogens with one attached hydrogen (secondary N) is 1. The Bertz CT molecular complexity index is 584. The van der Waals surface area contributed by atoms with Gasteiger partial charge in [0.1, 0.15) is 6.73 Å². The number of benzene rings is 1. The molecule has 3 rings (SSSR count). The Labute approximate surface area is 127 Å². The first kappa shape index (κ1) is 14.6. The maximum Gasteiger partial charge on any atom is 0.122 e. The highest BCUT2D eigenvalue weighted by Crippen LogP contribution is 2.29. The molecule has 3 heteroatoms. The fraction of sp³-hybridized carbons (Fsp3) is 0.556. The SMILES string of the molecule is CC(C)CNCc1ccc2ccn(COCC3CC3)c2c1. The number of nitrogens with zero attached hydrogens (tertiary/aromatic N) is 1. The van der Waals surface area contributed by atoms with Crippen LogP contribution in [0.15, 0.2) is 30.5 Å². The van der Waals surface area contributed by atoms with Gasteiger partial charge in [0.05, 0.1) is 12.1 Å². The zero-order chi connectivity index (χ0) is 14.7. The van der Waals surface area contributed by atoms with Crippen LogP contribution in [0, 0.1) is 11.8 Å². The van der Waals surface area contributed by atoms with Gasteiger partial charge in [-0.25, -0.2) is 0 Å². The van der Waals surface area contributed by atoms with E-state index in [1.54, 1.807) is 0 Å². The molecule has 2 aromatic rings. The second-order valence-corrected chi connectivity index (χ2v) is 6.65. The predicted molar refractivity (Wildman–Crippen MR) is 87.2 cm³/mol. The zero-order valence-electron chi connectivity index (χ0n) is 13.1. The maximum absolute atomic E-state index is 5.81. The summed E-state index contributed by atoms with van der Waals surface area (Å²) in [6, 6.07) is 8.87. The van der Waals surface area contributed by atoms with Crippen molar-refractivity contribution in [2.45, 2.75) is 40.0 Å². The molecule has 1 aromatic heterocycles. The largest absolute Gasteiger partial charge is 0.360 e. The summed E-state index contributed by atoms with van der Waals surface area (Å²) in [5.41, 5.74) is 2.61. The lowest BCUT2D eigenvalue weighted by molar-refractivity contribution is 0.0718. The first-order valence-corrected chi connectivity index (χ1v) is 8.08. The molecule has 114 valence electrons. The van der Waals surface area contributed by atoms with Crippen LogP contribution in [0.2, 0.25) is 0 Å². The van der Waals surface area contributed by atoms with Gasteiger partial charge in [0.2, 0.25) is 0 Å². The van der Waals surface area contributed by atoms with Gasteiger partial charge in [-0.1, -0.05) is 26.0 Å². The summed E-state index contributed by atoms with van der Waals surface area (Å²) in [6.45, 7) is 8.04. The monoisotopic (exact) mass is 286 g/mol. The molecule has 1 aliphatic carbocycles. The van der Waals surface area contributed by atoms with Crippen LogP contribution in [0.4, 0.5) is 0 Å². The van der Waals surface area contributed by atoms with E-state index in [9.17, 15) is 0 Å². The van der Waals surface area contributed by atoms with Crippen LogP contribution in [0.5, 0.6) is 0 Å². The summed E-state index contributed by atoms with van der Waals surface area (Å²) >= 11 is 0. The van der Waals surface area contributed by atoms with Crippen molar-refractivity contribution in [1.29, 1.82) is 0 Å². The lowest BCUT2D eigenvalue weighted by Crippen LogP contribution is -2.18. The van der Waals surface area contributed by atoms with Crippen molar-refractivity contribution in [2.75, 3.05) is 13.2 Å². The minimum absolute atomic E-state index is 0.670. The van der Waals surface area contributed by atoms with Crippen molar-refractivity contribution >= 4 is 10.9 Å². The normalized spacial score (nSPS) is 15.2. The molecular weight excluding hydrogens is 260 g/mol. The Morgan fingerprint density at radius 1 is 1.29 bits per heavy atom. The van der Waals surface area contributed by atoms with Gasteiger partial charge in [0.25, 0.3) is 0 Å². The molecule has 1 fully saturated rings. The molecule has 0 spiro atoms. The molecule has 21 heavy (non-hydrogen) atoms. The van der Waals surface area contributed by atoms with Gasteiger partial charge in [0.15, 0.2) is 0 Å². The van der Waals surface area contributed by atoms with Crippen molar-refractivity contribution in [3.8, 4) is 0 Å². The van der Waals surface area contributed by atoms with Gasteiger partial charge in [-0.15, -0.1) is 0 Å². The number of fused-ring (bicyclic) bond motifs is 1. The molecule has 1 aliphatic rings. The summed E-state index contributed by atoms with van der Waals surface area (Å²) in [5.74, 6) is 1.51. The minimum atomic E-state index is 0.670. The molecule has 3 nitrogen and oxygen atoms in total. The van der Waals surface area contributed by atoms with E-state index in [2.05, 4.69) is 54.2 Å². The van der Waals surface area contributed by atoms with E-state index in [-0.39, 0.29) is 0 Å². The summed E-state index contributed by atoms with van der Waals surface area (Å²) in [4.78, 5) is 0. The molecule has 1 heterocycles. The fourth-order valence-electron chi connectivity index (χ4n) is 2.56. The van der Waals surface area contributed by atoms with E-state index in [4.69, 9.17) is 4.74 Å². The molecular formula is C18H26N2O. The quantitative estimate of drug-likeness (QED) is 0.799. The molecule has 0 bridgehead atoms. The average molecular weight is 286 g/mol. The lowest BCUT2D eigenvalue weighted by Gasteiger charge is -2.10. The zero-order valence-corrected chi connectivity index (χ0v) is 13.1. The Morgan fingerprint density at radius 2 is 2.14 bits per heavy atom. The van der Waals surface area contributed by atoms with Crippen LogP contribution >= 0.6 is 0 Å². The topological polar surface area (TPSA) is 26.2 Å². The van der Waals surface area contributed by atoms with E-state index >= 15 is 0 Å². The number of ether oxygens (including phenoxy) is 1. The molecule has 1 N–H and O–H groups in total. The van der Waals surface area contributed by atoms with Crippen LogP contribution in [-0.4, -0.2) is 17.7 Å². The average Bonchev–Trinajstić information content (AvgIpc) is 3.19. The van der Waals surface area contributed by atoms with Crippen LogP contribution < -0.4 is 5.32 Å². The van der Waals surface area contributed by atoms with Crippen LogP contribution in [0.25, 0.3) is 10.9 Å². The second-order valence-electron chi connectivity index (χ2n) is 6.65.